The van der Waals surface area contributed by atoms with Crippen LogP contribution in [0.4, 0.5) is 0 Å². The Bertz CT molecular complexity index is 431. The summed E-state index contributed by atoms with van der Waals surface area (Å²) in [6.45, 7) is 6.43. The molecule has 1 unspecified atom stereocenters. The van der Waals surface area contributed by atoms with Crippen LogP contribution < -0.4 is 10.5 Å². The molecule has 0 bridgehead atoms. The first-order valence-corrected chi connectivity index (χ1v) is 8.40. The van der Waals surface area contributed by atoms with Gasteiger partial charge in [-0.3, -0.25) is 4.90 Å². The highest BCUT2D eigenvalue weighted by atomic mass is 16.5. The molecule has 1 heterocycles. The second-order valence-corrected chi connectivity index (χ2v) is 6.87. The number of piperidine rings is 1. The third kappa shape index (κ3) is 4.45. The maximum absolute atomic E-state index is 6.00. The number of nitrogens with zero attached hydrogens (tertiary/aromatic N) is 1. The Morgan fingerprint density at radius 2 is 1.81 bits per heavy atom. The summed E-state index contributed by atoms with van der Waals surface area (Å²) >= 11 is 0. The van der Waals surface area contributed by atoms with Gasteiger partial charge in [0.15, 0.2) is 0 Å². The van der Waals surface area contributed by atoms with E-state index in [9.17, 15) is 0 Å². The Hall–Kier alpha value is -1.06. The lowest BCUT2D eigenvalue weighted by Gasteiger charge is -2.33. The van der Waals surface area contributed by atoms with Gasteiger partial charge >= 0.3 is 0 Å². The summed E-state index contributed by atoms with van der Waals surface area (Å²) in [5.74, 6) is 2.54. The normalized spacial score (nSPS) is 22.2. The van der Waals surface area contributed by atoms with Gasteiger partial charge in [0.25, 0.3) is 0 Å². The van der Waals surface area contributed by atoms with Crippen LogP contribution in [-0.2, 0) is 6.54 Å². The minimum atomic E-state index is 0.343. The average Bonchev–Trinajstić information content (AvgIpc) is 3.31. The van der Waals surface area contributed by atoms with Crippen molar-refractivity contribution in [3.8, 4) is 5.75 Å². The number of hydrogen-bond acceptors (Lipinski definition) is 3. The van der Waals surface area contributed by atoms with E-state index in [-0.39, 0.29) is 0 Å². The van der Waals surface area contributed by atoms with Crippen molar-refractivity contribution < 1.29 is 4.74 Å². The van der Waals surface area contributed by atoms with Gasteiger partial charge in [-0.05, 0) is 75.2 Å². The summed E-state index contributed by atoms with van der Waals surface area (Å²) in [6.07, 6.45) is 5.16. The molecule has 3 nitrogen and oxygen atoms in total. The fourth-order valence-electron chi connectivity index (χ4n) is 3.08. The fraction of sp³-hybridized carbons (Fsp3) is 0.667. The number of hydrogen-bond donors (Lipinski definition) is 1. The second kappa shape index (κ2) is 6.80. The van der Waals surface area contributed by atoms with Gasteiger partial charge in [0.2, 0.25) is 0 Å². The van der Waals surface area contributed by atoms with Crippen molar-refractivity contribution in [3.05, 3.63) is 29.8 Å². The molecule has 0 aromatic heterocycles. The van der Waals surface area contributed by atoms with Crippen LogP contribution in [0.5, 0.6) is 5.75 Å². The average molecular weight is 288 g/mol. The number of rotatable bonds is 6. The second-order valence-electron chi connectivity index (χ2n) is 6.87. The predicted octanol–water partition coefficient (Wildman–Crippen LogP) is 3.03. The molecule has 0 radical (unpaired) electrons. The van der Waals surface area contributed by atoms with E-state index in [0.29, 0.717) is 12.0 Å². The van der Waals surface area contributed by atoms with Gasteiger partial charge in [0.05, 0.1) is 6.61 Å². The molecule has 0 amide bonds. The van der Waals surface area contributed by atoms with Crippen LogP contribution in [-0.4, -0.2) is 30.6 Å². The number of ether oxygens (including phenoxy) is 1. The van der Waals surface area contributed by atoms with E-state index >= 15 is 0 Å². The van der Waals surface area contributed by atoms with Crippen LogP contribution in [0.2, 0.25) is 0 Å². The van der Waals surface area contributed by atoms with Crippen molar-refractivity contribution in [2.75, 3.05) is 19.7 Å². The molecule has 1 aromatic rings. The Labute approximate surface area is 128 Å². The van der Waals surface area contributed by atoms with E-state index in [0.717, 1.165) is 24.8 Å². The zero-order valence-electron chi connectivity index (χ0n) is 13.1. The van der Waals surface area contributed by atoms with Crippen molar-refractivity contribution in [3.63, 3.8) is 0 Å². The van der Waals surface area contributed by atoms with Crippen molar-refractivity contribution in [2.24, 2.45) is 17.6 Å². The summed E-state index contributed by atoms with van der Waals surface area (Å²) in [6, 6.07) is 8.99. The number of likely N-dealkylation sites (tertiary alicyclic amines) is 1. The van der Waals surface area contributed by atoms with Crippen LogP contribution in [0.25, 0.3) is 0 Å². The minimum Gasteiger partial charge on any atom is -0.493 e. The van der Waals surface area contributed by atoms with Gasteiger partial charge in [-0.15, -0.1) is 0 Å². The maximum Gasteiger partial charge on any atom is 0.119 e. The maximum atomic E-state index is 6.00. The lowest BCUT2D eigenvalue weighted by atomic mass is 9.91. The van der Waals surface area contributed by atoms with Crippen LogP contribution in [0, 0.1) is 11.8 Å². The molecule has 1 aromatic carbocycles. The van der Waals surface area contributed by atoms with E-state index in [1.54, 1.807) is 0 Å². The largest absolute Gasteiger partial charge is 0.493 e. The molecule has 1 saturated carbocycles. The minimum absolute atomic E-state index is 0.343. The van der Waals surface area contributed by atoms with Gasteiger partial charge in [-0.25, -0.2) is 0 Å². The van der Waals surface area contributed by atoms with Crippen LogP contribution >= 0.6 is 0 Å². The summed E-state index contributed by atoms with van der Waals surface area (Å²) < 4.78 is 5.79. The van der Waals surface area contributed by atoms with Crippen molar-refractivity contribution in [2.45, 2.75) is 45.2 Å². The highest BCUT2D eigenvalue weighted by Gasteiger charge is 2.22. The van der Waals surface area contributed by atoms with Crippen molar-refractivity contribution >= 4 is 0 Å². The Balaban J connectivity index is 1.44. The first-order valence-electron chi connectivity index (χ1n) is 8.40. The number of benzene rings is 1. The topological polar surface area (TPSA) is 38.5 Å². The SMILES string of the molecule is CC(N)C1CCN(Cc2ccc(OCC3CC3)cc2)CC1. The lowest BCUT2D eigenvalue weighted by Crippen LogP contribution is -2.39. The first kappa shape index (κ1) is 14.9. The van der Waals surface area contributed by atoms with Crippen LogP contribution in [0.3, 0.4) is 0 Å². The van der Waals surface area contributed by atoms with Crippen molar-refractivity contribution in [1.82, 2.24) is 4.90 Å². The van der Waals surface area contributed by atoms with E-state index in [1.807, 2.05) is 0 Å². The summed E-state index contributed by atoms with van der Waals surface area (Å²) in [4.78, 5) is 2.54. The van der Waals surface area contributed by atoms with Gasteiger partial charge < -0.3 is 10.5 Å². The summed E-state index contributed by atoms with van der Waals surface area (Å²) in [7, 11) is 0. The van der Waals surface area contributed by atoms with Gasteiger partial charge in [0, 0.05) is 12.6 Å². The Morgan fingerprint density at radius 1 is 1.14 bits per heavy atom. The Morgan fingerprint density at radius 3 is 2.38 bits per heavy atom. The molecule has 21 heavy (non-hydrogen) atoms. The molecular weight excluding hydrogens is 260 g/mol. The molecule has 1 aliphatic heterocycles. The summed E-state index contributed by atoms with van der Waals surface area (Å²) in [5.41, 5.74) is 7.39. The lowest BCUT2D eigenvalue weighted by molar-refractivity contribution is 0.165. The smallest absolute Gasteiger partial charge is 0.119 e. The van der Waals surface area contributed by atoms with E-state index < -0.39 is 0 Å². The molecular formula is C18H28N2O. The highest BCUT2D eigenvalue weighted by Crippen LogP contribution is 2.29. The summed E-state index contributed by atoms with van der Waals surface area (Å²) in [5, 5.41) is 0. The molecule has 2 aliphatic rings. The van der Waals surface area contributed by atoms with Crippen LogP contribution in [0.1, 0.15) is 38.2 Å². The highest BCUT2D eigenvalue weighted by molar-refractivity contribution is 5.27. The molecule has 116 valence electrons. The molecule has 0 spiro atoms. The molecule has 2 N–H and O–H groups in total. The zero-order chi connectivity index (χ0) is 14.7. The number of nitrogens with two attached hydrogens (primary N) is 1. The first-order chi connectivity index (χ1) is 10.2. The van der Waals surface area contributed by atoms with Crippen molar-refractivity contribution in [1.29, 1.82) is 0 Å². The van der Waals surface area contributed by atoms with E-state index in [2.05, 4.69) is 36.1 Å². The zero-order valence-corrected chi connectivity index (χ0v) is 13.1. The molecule has 3 rings (SSSR count). The van der Waals surface area contributed by atoms with E-state index in [4.69, 9.17) is 10.5 Å². The molecule has 1 atom stereocenters. The van der Waals surface area contributed by atoms with Gasteiger partial charge in [0.1, 0.15) is 5.75 Å². The quantitative estimate of drug-likeness (QED) is 0.874. The molecule has 3 heteroatoms. The third-order valence-corrected chi connectivity index (χ3v) is 4.89. The van der Waals surface area contributed by atoms with E-state index in [1.165, 1.54) is 44.3 Å². The standard InChI is InChI=1S/C18H28N2O/c1-14(19)17-8-10-20(11-9-17)12-15-4-6-18(7-5-15)21-13-16-2-3-16/h4-7,14,16-17H,2-3,8-13,19H2,1H3. The third-order valence-electron chi connectivity index (χ3n) is 4.89. The van der Waals surface area contributed by atoms with Gasteiger partial charge in [-0.1, -0.05) is 12.1 Å². The van der Waals surface area contributed by atoms with Gasteiger partial charge in [-0.2, -0.15) is 0 Å². The predicted molar refractivity (Wildman–Crippen MR) is 86.3 cm³/mol. The molecule has 2 fully saturated rings. The Kier molecular flexibility index (Phi) is 4.81. The molecule has 1 saturated heterocycles. The monoisotopic (exact) mass is 288 g/mol. The fourth-order valence-corrected chi connectivity index (χ4v) is 3.08. The van der Waals surface area contributed by atoms with Crippen LogP contribution in [0.15, 0.2) is 24.3 Å². The molecule has 1 aliphatic carbocycles.